The fraction of sp³-hybridized carbons (Fsp3) is 0.625. The van der Waals surface area contributed by atoms with E-state index in [9.17, 15) is 0 Å². The van der Waals surface area contributed by atoms with Crippen molar-refractivity contribution in [1.82, 2.24) is 0 Å². The van der Waals surface area contributed by atoms with Crippen LogP contribution in [0.1, 0.15) is 56.9 Å². The first kappa shape index (κ1) is 13.7. The molecule has 1 aromatic rings. The molecule has 3 rings (SSSR count). The molecule has 0 bridgehead atoms. The molecule has 0 atom stereocenters. The number of nitrogens with two attached hydrogens (primary N) is 1. The number of halogens is 2. The van der Waals surface area contributed by atoms with Crippen LogP contribution in [0.15, 0.2) is 18.2 Å². The second-order valence-electron chi connectivity index (χ2n) is 6.52. The van der Waals surface area contributed by atoms with Crippen LogP contribution >= 0.6 is 23.2 Å². The number of benzene rings is 1. The Bertz CT molecular complexity index is 447. The summed E-state index contributed by atoms with van der Waals surface area (Å²) < 4.78 is 0. The van der Waals surface area contributed by atoms with Crippen molar-refractivity contribution in [2.45, 2.75) is 56.9 Å². The van der Waals surface area contributed by atoms with Gasteiger partial charge in [-0.1, -0.05) is 55.0 Å². The lowest BCUT2D eigenvalue weighted by Crippen LogP contribution is -2.55. The molecule has 1 nitrogen and oxygen atoms in total. The minimum absolute atomic E-state index is 0.306. The zero-order valence-electron chi connectivity index (χ0n) is 11.2. The van der Waals surface area contributed by atoms with Crippen LogP contribution in [0, 0.1) is 5.41 Å². The van der Waals surface area contributed by atoms with Crippen molar-refractivity contribution < 1.29 is 0 Å². The molecule has 2 aliphatic carbocycles. The van der Waals surface area contributed by atoms with Gasteiger partial charge < -0.3 is 5.73 Å². The molecule has 0 aliphatic heterocycles. The third-order valence-corrected chi connectivity index (χ3v) is 5.64. The highest BCUT2D eigenvalue weighted by Gasteiger charge is 2.53. The Morgan fingerprint density at radius 2 is 1.42 bits per heavy atom. The van der Waals surface area contributed by atoms with Gasteiger partial charge in [0, 0.05) is 21.1 Å². The first-order valence-corrected chi connectivity index (χ1v) is 8.04. The van der Waals surface area contributed by atoms with Gasteiger partial charge in [0.15, 0.2) is 0 Å². The molecule has 2 aliphatic rings. The summed E-state index contributed by atoms with van der Waals surface area (Å²) in [6, 6.07) is 5.68. The Labute approximate surface area is 125 Å². The van der Waals surface area contributed by atoms with Crippen LogP contribution < -0.4 is 5.73 Å². The van der Waals surface area contributed by atoms with Gasteiger partial charge in [0.2, 0.25) is 0 Å². The van der Waals surface area contributed by atoms with Crippen molar-refractivity contribution in [3.63, 3.8) is 0 Å². The standard InChI is InChI=1S/C16H21Cl2N/c17-12-6-5-7-13(18)14(12)16(19)10-15(11-16)8-3-1-2-4-9-15/h5-7H,1-4,8-11,19H2. The molecule has 1 aromatic carbocycles. The van der Waals surface area contributed by atoms with Gasteiger partial charge in [-0.05, 0) is 43.2 Å². The number of hydrogen-bond donors (Lipinski definition) is 1. The first-order chi connectivity index (χ1) is 9.05. The third kappa shape index (κ3) is 2.41. The molecular formula is C16H21Cl2N. The maximum absolute atomic E-state index is 6.61. The molecule has 2 N–H and O–H groups in total. The van der Waals surface area contributed by atoms with E-state index >= 15 is 0 Å². The quantitative estimate of drug-likeness (QED) is 0.749. The lowest BCUT2D eigenvalue weighted by Gasteiger charge is -2.55. The van der Waals surface area contributed by atoms with E-state index in [0.717, 1.165) is 28.5 Å². The SMILES string of the molecule is NC1(c2c(Cl)cccc2Cl)CC2(CCCCCC2)C1. The summed E-state index contributed by atoms with van der Waals surface area (Å²) in [5.74, 6) is 0. The highest BCUT2D eigenvalue weighted by atomic mass is 35.5. The van der Waals surface area contributed by atoms with Gasteiger partial charge in [-0.3, -0.25) is 0 Å². The average molecular weight is 298 g/mol. The predicted octanol–water partition coefficient (Wildman–Crippen LogP) is 5.28. The van der Waals surface area contributed by atoms with E-state index in [0.29, 0.717) is 5.41 Å². The molecule has 2 fully saturated rings. The number of hydrogen-bond acceptors (Lipinski definition) is 1. The van der Waals surface area contributed by atoms with Crippen LogP contribution in [0.4, 0.5) is 0 Å². The van der Waals surface area contributed by atoms with Crippen molar-refractivity contribution >= 4 is 23.2 Å². The van der Waals surface area contributed by atoms with Crippen LogP contribution in [0.25, 0.3) is 0 Å². The van der Waals surface area contributed by atoms with Crippen molar-refractivity contribution in [2.75, 3.05) is 0 Å². The Morgan fingerprint density at radius 1 is 0.895 bits per heavy atom. The highest BCUT2D eigenvalue weighted by molar-refractivity contribution is 6.36. The van der Waals surface area contributed by atoms with E-state index in [-0.39, 0.29) is 5.54 Å². The van der Waals surface area contributed by atoms with Gasteiger partial charge >= 0.3 is 0 Å². The Hall–Kier alpha value is -0.240. The molecule has 0 saturated heterocycles. The molecule has 1 spiro atoms. The fourth-order valence-corrected chi connectivity index (χ4v) is 5.04. The molecule has 104 valence electrons. The average Bonchev–Trinajstić information content (AvgIpc) is 2.54. The van der Waals surface area contributed by atoms with E-state index in [4.69, 9.17) is 28.9 Å². The largest absolute Gasteiger partial charge is 0.321 e. The molecule has 0 amide bonds. The van der Waals surface area contributed by atoms with Crippen molar-refractivity contribution in [3.8, 4) is 0 Å². The Kier molecular flexibility index (Phi) is 3.57. The van der Waals surface area contributed by atoms with E-state index in [1.165, 1.54) is 38.5 Å². The van der Waals surface area contributed by atoms with Crippen LogP contribution in [-0.2, 0) is 5.54 Å². The molecule has 0 aromatic heterocycles. The molecule has 0 heterocycles. The van der Waals surface area contributed by atoms with E-state index in [1.54, 1.807) is 0 Å². The maximum atomic E-state index is 6.61. The molecule has 3 heteroatoms. The summed E-state index contributed by atoms with van der Waals surface area (Å²) >= 11 is 12.6. The fourth-order valence-electron chi connectivity index (χ4n) is 4.27. The summed E-state index contributed by atoms with van der Waals surface area (Å²) in [5.41, 5.74) is 7.74. The van der Waals surface area contributed by atoms with Crippen molar-refractivity contribution in [3.05, 3.63) is 33.8 Å². The lowest BCUT2D eigenvalue weighted by molar-refractivity contribution is 0.00977. The Morgan fingerprint density at radius 3 is 1.95 bits per heavy atom. The lowest BCUT2D eigenvalue weighted by atomic mass is 9.52. The molecular weight excluding hydrogens is 277 g/mol. The second kappa shape index (κ2) is 4.95. The minimum atomic E-state index is -0.306. The monoisotopic (exact) mass is 297 g/mol. The topological polar surface area (TPSA) is 26.0 Å². The van der Waals surface area contributed by atoms with Gasteiger partial charge in [-0.2, -0.15) is 0 Å². The smallest absolute Gasteiger partial charge is 0.0471 e. The summed E-state index contributed by atoms with van der Waals surface area (Å²) in [6.07, 6.45) is 10.2. The molecule has 0 unspecified atom stereocenters. The van der Waals surface area contributed by atoms with Crippen LogP contribution in [0.2, 0.25) is 10.0 Å². The van der Waals surface area contributed by atoms with Crippen LogP contribution in [0.5, 0.6) is 0 Å². The van der Waals surface area contributed by atoms with Crippen molar-refractivity contribution in [1.29, 1.82) is 0 Å². The van der Waals surface area contributed by atoms with Crippen LogP contribution in [-0.4, -0.2) is 0 Å². The Balaban J connectivity index is 1.84. The van der Waals surface area contributed by atoms with Crippen LogP contribution in [0.3, 0.4) is 0 Å². The summed E-state index contributed by atoms with van der Waals surface area (Å²) in [4.78, 5) is 0. The van der Waals surface area contributed by atoms with Gasteiger partial charge in [-0.15, -0.1) is 0 Å². The normalized spacial score (nSPS) is 24.8. The summed E-state index contributed by atoms with van der Waals surface area (Å²) in [6.45, 7) is 0. The summed E-state index contributed by atoms with van der Waals surface area (Å²) in [7, 11) is 0. The van der Waals surface area contributed by atoms with Gasteiger partial charge in [0.25, 0.3) is 0 Å². The third-order valence-electron chi connectivity index (χ3n) is 5.01. The van der Waals surface area contributed by atoms with Gasteiger partial charge in [0.05, 0.1) is 0 Å². The second-order valence-corrected chi connectivity index (χ2v) is 7.33. The zero-order valence-corrected chi connectivity index (χ0v) is 12.7. The van der Waals surface area contributed by atoms with Crippen molar-refractivity contribution in [2.24, 2.45) is 11.1 Å². The predicted molar refractivity (Wildman–Crippen MR) is 81.7 cm³/mol. The number of rotatable bonds is 1. The van der Waals surface area contributed by atoms with Gasteiger partial charge in [-0.25, -0.2) is 0 Å². The highest BCUT2D eigenvalue weighted by Crippen LogP contribution is 2.60. The van der Waals surface area contributed by atoms with E-state index in [2.05, 4.69) is 0 Å². The maximum Gasteiger partial charge on any atom is 0.0471 e. The molecule has 19 heavy (non-hydrogen) atoms. The van der Waals surface area contributed by atoms with E-state index < -0.39 is 0 Å². The summed E-state index contributed by atoms with van der Waals surface area (Å²) in [5, 5.41) is 1.44. The van der Waals surface area contributed by atoms with E-state index in [1.807, 2.05) is 18.2 Å². The molecule has 2 saturated carbocycles. The minimum Gasteiger partial charge on any atom is -0.321 e. The first-order valence-electron chi connectivity index (χ1n) is 7.28. The zero-order chi connectivity index (χ0) is 13.5. The molecule has 0 radical (unpaired) electrons. The van der Waals surface area contributed by atoms with Gasteiger partial charge in [0.1, 0.15) is 0 Å².